The van der Waals surface area contributed by atoms with Crippen molar-refractivity contribution in [2.75, 3.05) is 20.1 Å². The first-order valence-corrected chi connectivity index (χ1v) is 9.31. The molecule has 0 spiro atoms. The lowest BCUT2D eigenvalue weighted by Gasteiger charge is -2.30. The molecule has 4 rings (SSSR count). The van der Waals surface area contributed by atoms with Gasteiger partial charge in [-0.2, -0.15) is 5.10 Å². The van der Waals surface area contributed by atoms with Crippen molar-refractivity contribution >= 4 is 5.91 Å². The molecule has 8 heteroatoms. The topological polar surface area (TPSA) is 86.3 Å². The SMILES string of the molecule is CN1CCC(n2nc(COc3ccc(F)cc3)nc2C2(C(N)=O)CC2)CC1. The van der Waals surface area contributed by atoms with E-state index >= 15 is 0 Å². The molecule has 1 saturated carbocycles. The van der Waals surface area contributed by atoms with Gasteiger partial charge in [-0.1, -0.05) is 0 Å². The van der Waals surface area contributed by atoms with E-state index in [-0.39, 0.29) is 24.4 Å². The summed E-state index contributed by atoms with van der Waals surface area (Å²) in [6.45, 7) is 2.12. The highest BCUT2D eigenvalue weighted by Gasteiger charge is 2.54. The van der Waals surface area contributed by atoms with Gasteiger partial charge in [0.1, 0.15) is 29.4 Å². The molecule has 2 aromatic rings. The average Bonchev–Trinajstić information content (AvgIpc) is 3.36. The summed E-state index contributed by atoms with van der Waals surface area (Å²) in [7, 11) is 2.10. The van der Waals surface area contributed by atoms with Gasteiger partial charge < -0.3 is 15.4 Å². The van der Waals surface area contributed by atoms with Crippen LogP contribution in [0, 0.1) is 5.82 Å². The highest BCUT2D eigenvalue weighted by atomic mass is 19.1. The number of carbonyl (C=O) groups is 1. The zero-order valence-electron chi connectivity index (χ0n) is 15.4. The quantitative estimate of drug-likeness (QED) is 0.834. The zero-order chi connectivity index (χ0) is 19.0. The third-order valence-corrected chi connectivity index (χ3v) is 5.54. The molecule has 1 aromatic carbocycles. The second kappa shape index (κ2) is 6.92. The third kappa shape index (κ3) is 3.53. The Kier molecular flexibility index (Phi) is 4.59. The summed E-state index contributed by atoms with van der Waals surface area (Å²) >= 11 is 0. The molecule has 0 radical (unpaired) electrons. The Labute approximate surface area is 157 Å². The van der Waals surface area contributed by atoms with Crippen molar-refractivity contribution in [3.63, 3.8) is 0 Å². The predicted octanol–water partition coefficient (Wildman–Crippen LogP) is 1.78. The number of likely N-dealkylation sites (tertiary alicyclic amines) is 1. The van der Waals surface area contributed by atoms with Gasteiger partial charge in [0, 0.05) is 0 Å². The summed E-state index contributed by atoms with van der Waals surface area (Å²) in [6.07, 6.45) is 3.34. The number of primary amides is 1. The van der Waals surface area contributed by atoms with E-state index in [1.807, 2.05) is 4.68 Å². The van der Waals surface area contributed by atoms with Crippen LogP contribution in [-0.2, 0) is 16.8 Å². The summed E-state index contributed by atoms with van der Waals surface area (Å²) in [6, 6.07) is 6.03. The minimum Gasteiger partial charge on any atom is -0.486 e. The minimum atomic E-state index is -0.690. The summed E-state index contributed by atoms with van der Waals surface area (Å²) in [5.74, 6) is 1.08. The van der Waals surface area contributed by atoms with Gasteiger partial charge in [0.25, 0.3) is 0 Å². The predicted molar refractivity (Wildman–Crippen MR) is 96.6 cm³/mol. The number of amides is 1. The third-order valence-electron chi connectivity index (χ3n) is 5.54. The van der Waals surface area contributed by atoms with Crippen molar-refractivity contribution in [2.24, 2.45) is 5.73 Å². The number of halogens is 1. The lowest BCUT2D eigenvalue weighted by atomic mass is 10.0. The number of nitrogens with two attached hydrogens (primary N) is 1. The van der Waals surface area contributed by atoms with Crippen molar-refractivity contribution in [3.8, 4) is 5.75 Å². The zero-order valence-corrected chi connectivity index (χ0v) is 15.4. The number of nitrogens with zero attached hydrogens (tertiary/aromatic N) is 4. The average molecular weight is 373 g/mol. The molecule has 0 atom stereocenters. The minimum absolute atomic E-state index is 0.160. The first kappa shape index (κ1) is 17.9. The Balaban J connectivity index is 1.57. The molecule has 1 aromatic heterocycles. The first-order valence-electron chi connectivity index (χ1n) is 9.31. The van der Waals surface area contributed by atoms with Gasteiger partial charge in [0.05, 0.1) is 6.04 Å². The van der Waals surface area contributed by atoms with E-state index in [2.05, 4.69) is 22.0 Å². The number of ether oxygens (including phenoxy) is 1. The molecule has 1 aliphatic heterocycles. The van der Waals surface area contributed by atoms with Gasteiger partial charge in [0.2, 0.25) is 5.91 Å². The lowest BCUT2D eigenvalue weighted by Crippen LogP contribution is -2.36. The molecule has 0 bridgehead atoms. The van der Waals surface area contributed by atoms with E-state index < -0.39 is 5.41 Å². The number of benzene rings is 1. The Hall–Kier alpha value is -2.48. The number of rotatable bonds is 6. The molecule has 1 aliphatic carbocycles. The Bertz CT molecular complexity index is 823. The van der Waals surface area contributed by atoms with Gasteiger partial charge >= 0.3 is 0 Å². The number of piperidine rings is 1. The second-order valence-corrected chi connectivity index (χ2v) is 7.52. The molecule has 144 valence electrons. The summed E-state index contributed by atoms with van der Waals surface area (Å²) < 4.78 is 20.6. The summed E-state index contributed by atoms with van der Waals surface area (Å²) in [4.78, 5) is 19.0. The maximum Gasteiger partial charge on any atom is 0.231 e. The maximum atomic E-state index is 13.0. The fourth-order valence-corrected chi connectivity index (χ4v) is 3.63. The van der Waals surface area contributed by atoms with Crippen molar-refractivity contribution in [1.29, 1.82) is 0 Å². The van der Waals surface area contributed by atoms with E-state index in [1.54, 1.807) is 12.1 Å². The van der Waals surface area contributed by atoms with Crippen molar-refractivity contribution in [3.05, 3.63) is 41.7 Å². The highest BCUT2D eigenvalue weighted by molar-refractivity contribution is 5.88. The molecular formula is C19H24FN5O2. The largest absolute Gasteiger partial charge is 0.486 e. The van der Waals surface area contributed by atoms with Crippen molar-refractivity contribution in [2.45, 2.75) is 43.7 Å². The Morgan fingerprint density at radius 3 is 2.56 bits per heavy atom. The van der Waals surface area contributed by atoms with E-state index in [0.717, 1.165) is 25.9 Å². The van der Waals surface area contributed by atoms with Crippen molar-refractivity contribution < 1.29 is 13.9 Å². The molecule has 2 heterocycles. The van der Waals surface area contributed by atoms with E-state index in [1.165, 1.54) is 12.1 Å². The second-order valence-electron chi connectivity index (χ2n) is 7.52. The van der Waals surface area contributed by atoms with E-state index in [9.17, 15) is 9.18 Å². The molecule has 2 N–H and O–H groups in total. The number of hydrogen-bond donors (Lipinski definition) is 1. The van der Waals surface area contributed by atoms with Crippen LogP contribution in [0.15, 0.2) is 24.3 Å². The van der Waals surface area contributed by atoms with Gasteiger partial charge in [-0.25, -0.2) is 14.1 Å². The van der Waals surface area contributed by atoms with Crippen LogP contribution in [0.5, 0.6) is 5.75 Å². The molecule has 0 unspecified atom stereocenters. The molecular weight excluding hydrogens is 349 g/mol. The molecule has 2 fully saturated rings. The monoisotopic (exact) mass is 373 g/mol. The summed E-state index contributed by atoms with van der Waals surface area (Å²) in [5.41, 5.74) is 4.99. The van der Waals surface area contributed by atoms with Crippen LogP contribution in [-0.4, -0.2) is 45.7 Å². The van der Waals surface area contributed by atoms with Crippen LogP contribution in [0.25, 0.3) is 0 Å². The van der Waals surface area contributed by atoms with E-state index in [0.29, 0.717) is 30.2 Å². The van der Waals surface area contributed by atoms with Crippen molar-refractivity contribution in [1.82, 2.24) is 19.7 Å². The number of aromatic nitrogens is 3. The molecule has 2 aliphatic rings. The molecule has 1 saturated heterocycles. The van der Waals surface area contributed by atoms with Gasteiger partial charge in [0.15, 0.2) is 5.82 Å². The van der Waals surface area contributed by atoms with Gasteiger partial charge in [-0.15, -0.1) is 0 Å². The molecule has 1 amide bonds. The standard InChI is InChI=1S/C19H24FN5O2/c1-24-10-6-14(7-11-24)25-18(19(8-9-19)17(21)26)22-16(23-25)12-27-15-4-2-13(20)3-5-15/h2-5,14H,6-12H2,1H3,(H2,21,26). The fourth-order valence-electron chi connectivity index (χ4n) is 3.63. The smallest absolute Gasteiger partial charge is 0.231 e. The van der Waals surface area contributed by atoms with Crippen LogP contribution in [0.3, 0.4) is 0 Å². The number of hydrogen-bond acceptors (Lipinski definition) is 5. The van der Waals surface area contributed by atoms with Crippen LogP contribution < -0.4 is 10.5 Å². The number of carbonyl (C=O) groups excluding carboxylic acids is 1. The van der Waals surface area contributed by atoms with Gasteiger partial charge in [-0.05, 0) is 70.1 Å². The van der Waals surface area contributed by atoms with Crippen LogP contribution in [0.4, 0.5) is 4.39 Å². The van der Waals surface area contributed by atoms with Gasteiger partial charge in [-0.3, -0.25) is 4.79 Å². The Morgan fingerprint density at radius 2 is 1.96 bits per heavy atom. The lowest BCUT2D eigenvalue weighted by molar-refractivity contribution is -0.120. The highest BCUT2D eigenvalue weighted by Crippen LogP contribution is 2.48. The van der Waals surface area contributed by atoms with E-state index in [4.69, 9.17) is 10.5 Å². The fraction of sp³-hybridized carbons (Fsp3) is 0.526. The van der Waals surface area contributed by atoms with Crippen LogP contribution in [0.2, 0.25) is 0 Å². The molecule has 7 nitrogen and oxygen atoms in total. The first-order chi connectivity index (χ1) is 13.0. The summed E-state index contributed by atoms with van der Waals surface area (Å²) in [5, 5.41) is 4.66. The Morgan fingerprint density at radius 1 is 1.30 bits per heavy atom. The maximum absolute atomic E-state index is 13.0. The van der Waals surface area contributed by atoms with Crippen LogP contribution >= 0.6 is 0 Å². The van der Waals surface area contributed by atoms with Crippen LogP contribution in [0.1, 0.15) is 43.4 Å². The molecule has 27 heavy (non-hydrogen) atoms. The normalized spacial score (nSPS) is 19.8.